The Morgan fingerprint density at radius 1 is 1.25 bits per heavy atom. The van der Waals surface area contributed by atoms with Gasteiger partial charge >= 0.3 is 0 Å². The summed E-state index contributed by atoms with van der Waals surface area (Å²) >= 11 is 0. The van der Waals surface area contributed by atoms with Crippen LogP contribution in [-0.2, 0) is 6.42 Å². The van der Waals surface area contributed by atoms with Gasteiger partial charge in [0.15, 0.2) is 0 Å². The number of carbonyl (C=O) groups excluding carboxylic acids is 1. The molecule has 0 aliphatic carbocycles. The van der Waals surface area contributed by atoms with Gasteiger partial charge in [0.1, 0.15) is 6.29 Å². The van der Waals surface area contributed by atoms with Crippen LogP contribution in [-0.4, -0.2) is 6.29 Å². The first-order valence-corrected chi connectivity index (χ1v) is 6.02. The van der Waals surface area contributed by atoms with Crippen LogP contribution in [0.1, 0.15) is 54.6 Å². The van der Waals surface area contributed by atoms with E-state index in [1.165, 1.54) is 24.8 Å². The van der Waals surface area contributed by atoms with Crippen LogP contribution >= 0.6 is 0 Å². The zero-order chi connectivity index (χ0) is 11.8. The molecule has 1 rings (SSSR count). The third kappa shape index (κ3) is 3.65. The molecule has 0 aliphatic rings. The van der Waals surface area contributed by atoms with Gasteiger partial charge in [0.25, 0.3) is 0 Å². The standard InChI is InChI=1S/C15H20O/c1-3-5-6-8-14-10-9-13(7-4-2)11-15(14)12-16/h4,7,9-12H,3,5-6,8H2,1-2H3/b7-4+. The molecule has 0 saturated carbocycles. The second-order valence-corrected chi connectivity index (χ2v) is 4.03. The van der Waals surface area contributed by atoms with Crippen LogP contribution < -0.4 is 0 Å². The van der Waals surface area contributed by atoms with E-state index in [2.05, 4.69) is 19.1 Å². The summed E-state index contributed by atoms with van der Waals surface area (Å²) in [6.07, 6.45) is 9.60. The highest BCUT2D eigenvalue weighted by atomic mass is 16.1. The fourth-order valence-electron chi connectivity index (χ4n) is 1.81. The molecule has 0 saturated heterocycles. The summed E-state index contributed by atoms with van der Waals surface area (Å²) < 4.78 is 0. The van der Waals surface area contributed by atoms with E-state index in [-0.39, 0.29) is 0 Å². The lowest BCUT2D eigenvalue weighted by molar-refractivity contribution is 0.112. The number of rotatable bonds is 6. The van der Waals surface area contributed by atoms with Crippen molar-refractivity contribution in [3.8, 4) is 0 Å². The molecule has 1 aromatic rings. The van der Waals surface area contributed by atoms with Gasteiger partial charge in [-0.2, -0.15) is 0 Å². The van der Waals surface area contributed by atoms with Gasteiger partial charge in [0.05, 0.1) is 0 Å². The van der Waals surface area contributed by atoms with Gasteiger partial charge in [-0.3, -0.25) is 4.79 Å². The number of carbonyl (C=O) groups is 1. The van der Waals surface area contributed by atoms with Crippen LogP contribution in [0, 0.1) is 0 Å². The monoisotopic (exact) mass is 216 g/mol. The number of hydrogen-bond donors (Lipinski definition) is 0. The summed E-state index contributed by atoms with van der Waals surface area (Å²) in [7, 11) is 0. The summed E-state index contributed by atoms with van der Waals surface area (Å²) in [5.41, 5.74) is 3.12. The second kappa shape index (κ2) is 7.00. The highest BCUT2D eigenvalue weighted by Crippen LogP contribution is 2.14. The Hall–Kier alpha value is -1.37. The Kier molecular flexibility index (Phi) is 5.55. The topological polar surface area (TPSA) is 17.1 Å². The minimum Gasteiger partial charge on any atom is -0.298 e. The average Bonchev–Trinajstić information content (AvgIpc) is 2.31. The number of hydrogen-bond acceptors (Lipinski definition) is 1. The number of unbranched alkanes of at least 4 members (excludes halogenated alkanes) is 2. The van der Waals surface area contributed by atoms with Crippen molar-refractivity contribution in [2.24, 2.45) is 0 Å². The third-order valence-electron chi connectivity index (χ3n) is 2.71. The Bertz CT molecular complexity index is 364. The molecule has 0 atom stereocenters. The first kappa shape index (κ1) is 12.7. The predicted octanol–water partition coefficient (Wildman–Crippen LogP) is 4.26. The average molecular weight is 216 g/mol. The molecule has 1 aromatic carbocycles. The van der Waals surface area contributed by atoms with Gasteiger partial charge < -0.3 is 0 Å². The minimum atomic E-state index is 0.840. The summed E-state index contributed by atoms with van der Waals surface area (Å²) in [5, 5.41) is 0. The van der Waals surface area contributed by atoms with E-state index in [9.17, 15) is 4.79 Å². The smallest absolute Gasteiger partial charge is 0.150 e. The van der Waals surface area contributed by atoms with Crippen LogP contribution in [0.5, 0.6) is 0 Å². The number of allylic oxidation sites excluding steroid dienone is 1. The van der Waals surface area contributed by atoms with Crippen LogP contribution in [0.2, 0.25) is 0 Å². The molecular formula is C15H20O. The Morgan fingerprint density at radius 3 is 2.69 bits per heavy atom. The first-order chi connectivity index (χ1) is 7.81. The van der Waals surface area contributed by atoms with Crippen LogP contribution in [0.4, 0.5) is 0 Å². The SMILES string of the molecule is C/C=C/c1ccc(CCCCC)c(C=O)c1. The maximum absolute atomic E-state index is 11.0. The van der Waals surface area contributed by atoms with Crippen molar-refractivity contribution in [1.82, 2.24) is 0 Å². The Labute approximate surface area is 98.2 Å². The number of aldehydes is 1. The normalized spacial score (nSPS) is 10.9. The highest BCUT2D eigenvalue weighted by Gasteiger charge is 2.01. The van der Waals surface area contributed by atoms with E-state index in [1.54, 1.807) is 0 Å². The van der Waals surface area contributed by atoms with Crippen molar-refractivity contribution in [2.45, 2.75) is 39.5 Å². The summed E-state index contributed by atoms with van der Waals surface area (Å²) in [5.74, 6) is 0. The van der Waals surface area contributed by atoms with Crippen molar-refractivity contribution in [3.63, 3.8) is 0 Å². The second-order valence-electron chi connectivity index (χ2n) is 4.03. The maximum Gasteiger partial charge on any atom is 0.150 e. The van der Waals surface area contributed by atoms with Crippen molar-refractivity contribution in [2.75, 3.05) is 0 Å². The van der Waals surface area contributed by atoms with E-state index in [0.717, 1.165) is 23.8 Å². The summed E-state index contributed by atoms with van der Waals surface area (Å²) in [6.45, 7) is 4.17. The fourth-order valence-corrected chi connectivity index (χ4v) is 1.81. The van der Waals surface area contributed by atoms with Gasteiger partial charge in [-0.1, -0.05) is 44.1 Å². The van der Waals surface area contributed by atoms with Gasteiger partial charge in [0.2, 0.25) is 0 Å². The van der Waals surface area contributed by atoms with Gasteiger partial charge in [0, 0.05) is 5.56 Å². The van der Waals surface area contributed by atoms with Gasteiger partial charge in [-0.05, 0) is 37.0 Å². The summed E-state index contributed by atoms with van der Waals surface area (Å²) in [6, 6.07) is 6.12. The molecule has 0 amide bonds. The molecule has 1 heteroatoms. The molecule has 86 valence electrons. The van der Waals surface area contributed by atoms with Crippen molar-refractivity contribution >= 4 is 12.4 Å². The van der Waals surface area contributed by atoms with E-state index in [1.807, 2.05) is 25.1 Å². The van der Waals surface area contributed by atoms with E-state index < -0.39 is 0 Å². The quantitative estimate of drug-likeness (QED) is 0.513. The third-order valence-corrected chi connectivity index (χ3v) is 2.71. The molecule has 0 spiro atoms. The number of benzene rings is 1. The Balaban J connectivity index is 2.80. The van der Waals surface area contributed by atoms with Gasteiger partial charge in [-0.15, -0.1) is 0 Å². The van der Waals surface area contributed by atoms with Crippen LogP contribution in [0.25, 0.3) is 6.08 Å². The van der Waals surface area contributed by atoms with Gasteiger partial charge in [-0.25, -0.2) is 0 Å². The van der Waals surface area contributed by atoms with E-state index in [4.69, 9.17) is 0 Å². The molecular weight excluding hydrogens is 196 g/mol. The largest absolute Gasteiger partial charge is 0.298 e. The lowest BCUT2D eigenvalue weighted by atomic mass is 9.99. The molecule has 0 bridgehead atoms. The van der Waals surface area contributed by atoms with Crippen molar-refractivity contribution in [3.05, 3.63) is 41.0 Å². The molecule has 0 heterocycles. The van der Waals surface area contributed by atoms with Crippen LogP contribution in [0.15, 0.2) is 24.3 Å². The van der Waals surface area contributed by atoms with Crippen molar-refractivity contribution in [1.29, 1.82) is 0 Å². The maximum atomic E-state index is 11.0. The Morgan fingerprint density at radius 2 is 2.06 bits per heavy atom. The molecule has 0 aromatic heterocycles. The molecule has 1 nitrogen and oxygen atoms in total. The molecule has 16 heavy (non-hydrogen) atoms. The lowest BCUT2D eigenvalue weighted by Gasteiger charge is -2.05. The zero-order valence-electron chi connectivity index (χ0n) is 10.2. The molecule has 0 radical (unpaired) electrons. The molecule has 0 fully saturated rings. The van der Waals surface area contributed by atoms with E-state index in [0.29, 0.717) is 0 Å². The molecule has 0 aliphatic heterocycles. The van der Waals surface area contributed by atoms with E-state index >= 15 is 0 Å². The fraction of sp³-hybridized carbons (Fsp3) is 0.400. The summed E-state index contributed by atoms with van der Waals surface area (Å²) in [4.78, 5) is 11.0. The number of aryl methyl sites for hydroxylation is 1. The highest BCUT2D eigenvalue weighted by molar-refractivity contribution is 5.78. The van der Waals surface area contributed by atoms with Crippen LogP contribution in [0.3, 0.4) is 0 Å². The molecule has 0 N–H and O–H groups in total. The van der Waals surface area contributed by atoms with Crippen molar-refractivity contribution < 1.29 is 4.79 Å². The lowest BCUT2D eigenvalue weighted by Crippen LogP contribution is -1.94. The molecule has 0 unspecified atom stereocenters. The minimum absolute atomic E-state index is 0.840. The zero-order valence-corrected chi connectivity index (χ0v) is 10.2. The first-order valence-electron chi connectivity index (χ1n) is 6.02. The predicted molar refractivity (Wildman–Crippen MR) is 69.8 cm³/mol.